The second-order valence-corrected chi connectivity index (χ2v) is 7.13. The molecular weight excluding hydrogens is 360 g/mol. The topological polar surface area (TPSA) is 76.9 Å². The summed E-state index contributed by atoms with van der Waals surface area (Å²) in [7, 11) is 0. The molecule has 0 bridgehead atoms. The van der Waals surface area contributed by atoms with Crippen molar-refractivity contribution in [2.24, 2.45) is 0 Å². The number of hydrogen-bond acceptors (Lipinski definition) is 5. The van der Waals surface area contributed by atoms with Gasteiger partial charge in [-0.15, -0.1) is 11.3 Å². The summed E-state index contributed by atoms with van der Waals surface area (Å²) in [5, 5.41) is 3.30. The quantitative estimate of drug-likeness (QED) is 0.581. The molecule has 2 heterocycles. The van der Waals surface area contributed by atoms with Gasteiger partial charge in [0.2, 0.25) is 5.91 Å². The number of anilines is 1. The van der Waals surface area contributed by atoms with E-state index in [2.05, 4.69) is 27.4 Å². The normalized spacial score (nSPS) is 10.8. The molecule has 0 aliphatic rings. The molecule has 6 nitrogen and oxygen atoms in total. The van der Waals surface area contributed by atoms with Gasteiger partial charge >= 0.3 is 0 Å². The van der Waals surface area contributed by atoms with Gasteiger partial charge in [-0.05, 0) is 17.7 Å². The van der Waals surface area contributed by atoms with E-state index in [1.807, 2.05) is 30.3 Å². The lowest BCUT2D eigenvalue weighted by molar-refractivity contribution is -0.116. The molecule has 4 aromatic rings. The van der Waals surface area contributed by atoms with Gasteiger partial charge in [0.15, 0.2) is 5.13 Å². The van der Waals surface area contributed by atoms with Crippen molar-refractivity contribution in [2.45, 2.75) is 13.0 Å². The maximum absolute atomic E-state index is 12.4. The van der Waals surface area contributed by atoms with Crippen molar-refractivity contribution < 1.29 is 4.79 Å². The first-order valence-corrected chi connectivity index (χ1v) is 9.24. The van der Waals surface area contributed by atoms with Gasteiger partial charge in [-0.25, -0.2) is 9.97 Å². The third-order valence-corrected chi connectivity index (χ3v) is 4.99. The second kappa shape index (κ2) is 7.51. The number of para-hydroxylation sites is 2. The standard InChI is InChI=1S/C20H16N4O2S/c25-18(13-24-17-9-5-4-8-16(17)21-12-19(24)26)23-20-22-11-15(27-20)10-14-6-2-1-3-7-14/h1-9,11-12H,10,13H2,(H,22,23,25). The van der Waals surface area contributed by atoms with Gasteiger partial charge in [0, 0.05) is 17.5 Å². The first-order chi connectivity index (χ1) is 13.2. The fourth-order valence-corrected chi connectivity index (χ4v) is 3.69. The predicted octanol–water partition coefficient (Wildman–Crippen LogP) is 3.08. The minimum atomic E-state index is -0.312. The number of benzene rings is 2. The number of aromatic nitrogens is 3. The van der Waals surface area contributed by atoms with Crippen molar-refractivity contribution in [3.8, 4) is 0 Å². The third kappa shape index (κ3) is 3.93. The molecule has 0 saturated carbocycles. The molecule has 134 valence electrons. The number of nitrogens with zero attached hydrogens (tertiary/aromatic N) is 3. The van der Waals surface area contributed by atoms with E-state index in [-0.39, 0.29) is 18.0 Å². The van der Waals surface area contributed by atoms with Crippen LogP contribution in [0.5, 0.6) is 0 Å². The summed E-state index contributed by atoms with van der Waals surface area (Å²) in [6.45, 7) is -0.0878. The van der Waals surface area contributed by atoms with Crippen molar-refractivity contribution in [3.63, 3.8) is 0 Å². The van der Waals surface area contributed by atoms with Crippen molar-refractivity contribution in [1.29, 1.82) is 0 Å². The zero-order valence-electron chi connectivity index (χ0n) is 14.3. The Morgan fingerprint density at radius 1 is 1.00 bits per heavy atom. The molecule has 0 fully saturated rings. The Bertz CT molecular complexity index is 1150. The highest BCUT2D eigenvalue weighted by Crippen LogP contribution is 2.21. The van der Waals surface area contributed by atoms with E-state index in [1.54, 1.807) is 18.3 Å². The van der Waals surface area contributed by atoms with Gasteiger partial charge in [0.25, 0.3) is 5.56 Å². The average molecular weight is 376 g/mol. The van der Waals surface area contributed by atoms with Crippen molar-refractivity contribution in [3.05, 3.63) is 87.8 Å². The molecule has 1 amide bonds. The highest BCUT2D eigenvalue weighted by Gasteiger charge is 2.11. The molecule has 0 radical (unpaired) electrons. The Hall–Kier alpha value is -3.32. The van der Waals surface area contributed by atoms with Crippen molar-refractivity contribution >= 4 is 33.4 Å². The van der Waals surface area contributed by atoms with E-state index in [1.165, 1.54) is 27.7 Å². The first kappa shape index (κ1) is 17.1. The molecule has 0 unspecified atom stereocenters. The summed E-state index contributed by atoms with van der Waals surface area (Å²) in [6, 6.07) is 17.3. The molecule has 0 saturated heterocycles. The van der Waals surface area contributed by atoms with Crippen LogP contribution in [0.1, 0.15) is 10.4 Å². The second-order valence-electron chi connectivity index (χ2n) is 6.01. The molecular formula is C20H16N4O2S. The largest absolute Gasteiger partial charge is 0.300 e. The lowest BCUT2D eigenvalue weighted by Gasteiger charge is -2.08. The minimum Gasteiger partial charge on any atom is -0.300 e. The van der Waals surface area contributed by atoms with Crippen LogP contribution in [-0.2, 0) is 17.8 Å². The Morgan fingerprint density at radius 3 is 2.63 bits per heavy atom. The van der Waals surface area contributed by atoms with E-state index in [9.17, 15) is 9.59 Å². The fraction of sp³-hybridized carbons (Fsp3) is 0.100. The Morgan fingerprint density at radius 2 is 1.78 bits per heavy atom. The van der Waals surface area contributed by atoms with E-state index in [0.29, 0.717) is 16.2 Å². The van der Waals surface area contributed by atoms with E-state index >= 15 is 0 Å². The van der Waals surface area contributed by atoms with Gasteiger partial charge in [-0.3, -0.25) is 14.2 Å². The highest BCUT2D eigenvalue weighted by atomic mass is 32.1. The van der Waals surface area contributed by atoms with Crippen LogP contribution in [0.25, 0.3) is 11.0 Å². The highest BCUT2D eigenvalue weighted by molar-refractivity contribution is 7.15. The Labute approximate surface area is 159 Å². The van der Waals surface area contributed by atoms with Gasteiger partial charge in [0.05, 0.1) is 17.2 Å². The maximum Gasteiger partial charge on any atom is 0.269 e. The SMILES string of the molecule is O=C(Cn1c(=O)cnc2ccccc21)Nc1ncc(Cc2ccccc2)s1. The number of carbonyl (C=O) groups excluding carboxylic acids is 1. The van der Waals surface area contributed by atoms with Crippen LogP contribution in [-0.4, -0.2) is 20.4 Å². The van der Waals surface area contributed by atoms with Crippen LogP contribution in [0.2, 0.25) is 0 Å². The van der Waals surface area contributed by atoms with Crippen LogP contribution >= 0.6 is 11.3 Å². The molecule has 0 aliphatic heterocycles. The summed E-state index contributed by atoms with van der Waals surface area (Å²) in [5.74, 6) is -0.297. The van der Waals surface area contributed by atoms with Gasteiger partial charge in [-0.2, -0.15) is 0 Å². The van der Waals surface area contributed by atoms with Gasteiger partial charge in [-0.1, -0.05) is 42.5 Å². The summed E-state index contributed by atoms with van der Waals surface area (Å²) >= 11 is 1.43. The number of nitrogens with one attached hydrogen (secondary N) is 1. The summed E-state index contributed by atoms with van der Waals surface area (Å²) in [5.41, 5.74) is 2.18. The van der Waals surface area contributed by atoms with Crippen LogP contribution in [0.3, 0.4) is 0 Å². The lowest BCUT2D eigenvalue weighted by atomic mass is 10.1. The summed E-state index contributed by atoms with van der Waals surface area (Å²) < 4.78 is 1.41. The summed E-state index contributed by atoms with van der Waals surface area (Å²) in [6.07, 6.45) is 3.76. The van der Waals surface area contributed by atoms with Crippen molar-refractivity contribution in [1.82, 2.24) is 14.5 Å². The molecule has 0 atom stereocenters. The van der Waals surface area contributed by atoms with Crippen LogP contribution in [0.4, 0.5) is 5.13 Å². The van der Waals surface area contributed by atoms with E-state index < -0.39 is 0 Å². The first-order valence-electron chi connectivity index (χ1n) is 8.42. The van der Waals surface area contributed by atoms with Gasteiger partial charge in [0.1, 0.15) is 6.54 Å². The van der Waals surface area contributed by atoms with Crippen LogP contribution in [0.15, 0.2) is 71.8 Å². The summed E-state index contributed by atoms with van der Waals surface area (Å²) in [4.78, 5) is 34.0. The number of fused-ring (bicyclic) bond motifs is 1. The molecule has 4 rings (SSSR count). The number of thiazole rings is 1. The number of carbonyl (C=O) groups is 1. The average Bonchev–Trinajstić information content (AvgIpc) is 3.11. The molecule has 0 aliphatic carbocycles. The van der Waals surface area contributed by atoms with Crippen LogP contribution < -0.4 is 10.9 Å². The molecule has 7 heteroatoms. The molecule has 0 spiro atoms. The maximum atomic E-state index is 12.4. The zero-order chi connectivity index (χ0) is 18.6. The Kier molecular flexibility index (Phi) is 4.76. The molecule has 1 N–H and O–H groups in total. The zero-order valence-corrected chi connectivity index (χ0v) is 15.1. The third-order valence-electron chi connectivity index (χ3n) is 4.08. The lowest BCUT2D eigenvalue weighted by Crippen LogP contribution is -2.27. The predicted molar refractivity (Wildman–Crippen MR) is 106 cm³/mol. The molecule has 2 aromatic heterocycles. The van der Waals surface area contributed by atoms with Crippen molar-refractivity contribution in [2.75, 3.05) is 5.32 Å². The fourth-order valence-electron chi connectivity index (χ4n) is 2.82. The monoisotopic (exact) mass is 376 g/mol. The number of hydrogen-bond donors (Lipinski definition) is 1. The number of rotatable bonds is 5. The smallest absolute Gasteiger partial charge is 0.269 e. The van der Waals surface area contributed by atoms with Gasteiger partial charge < -0.3 is 5.32 Å². The molecule has 27 heavy (non-hydrogen) atoms. The van der Waals surface area contributed by atoms with Crippen LogP contribution in [0, 0.1) is 0 Å². The number of amides is 1. The molecule has 2 aromatic carbocycles. The minimum absolute atomic E-state index is 0.0878. The van der Waals surface area contributed by atoms with E-state index in [4.69, 9.17) is 0 Å². The Balaban J connectivity index is 1.48. The van der Waals surface area contributed by atoms with E-state index in [0.717, 1.165) is 11.3 Å².